The highest BCUT2D eigenvalue weighted by Crippen LogP contribution is 2.34. The van der Waals surface area contributed by atoms with Crippen LogP contribution in [0.2, 0.25) is 0 Å². The zero-order valence-electron chi connectivity index (χ0n) is 18.1. The molecule has 0 bridgehead atoms. The Labute approximate surface area is 210 Å². The Bertz CT molecular complexity index is 1270. The van der Waals surface area contributed by atoms with E-state index >= 15 is 0 Å². The number of halogens is 2. The van der Waals surface area contributed by atoms with Crippen LogP contribution in [0, 0.1) is 5.92 Å². The lowest BCUT2D eigenvalue weighted by atomic mass is 10.0. The highest BCUT2D eigenvalue weighted by atomic mass is 79.9. The molecular formula is C24H24Br2N2O4S. The van der Waals surface area contributed by atoms with Gasteiger partial charge in [0.25, 0.3) is 5.91 Å². The van der Waals surface area contributed by atoms with E-state index in [0.29, 0.717) is 30.4 Å². The second kappa shape index (κ2) is 10.1. The van der Waals surface area contributed by atoms with Crippen LogP contribution >= 0.6 is 31.9 Å². The van der Waals surface area contributed by atoms with Crippen molar-refractivity contribution in [2.24, 2.45) is 5.92 Å². The van der Waals surface area contributed by atoms with Crippen molar-refractivity contribution in [1.82, 2.24) is 4.31 Å². The summed E-state index contributed by atoms with van der Waals surface area (Å²) >= 11 is 7.01. The number of hydrogen-bond donors (Lipinski definition) is 1. The van der Waals surface area contributed by atoms with E-state index in [0.717, 1.165) is 32.6 Å². The van der Waals surface area contributed by atoms with E-state index in [9.17, 15) is 13.2 Å². The summed E-state index contributed by atoms with van der Waals surface area (Å²) in [6, 6.07) is 15.9. The molecule has 1 amide bonds. The molecule has 6 nitrogen and oxygen atoms in total. The van der Waals surface area contributed by atoms with E-state index in [2.05, 4.69) is 44.1 Å². The SMILES string of the molecule is CC1CCN(S(=O)(=O)c2ccc(NC(=O)COc3ccc4cc(Br)ccc4c3Br)cc2)CC1. The molecule has 0 aliphatic carbocycles. The molecule has 1 saturated heterocycles. The molecule has 1 N–H and O–H groups in total. The Balaban J connectivity index is 1.37. The number of carbonyl (C=O) groups is 1. The van der Waals surface area contributed by atoms with Crippen LogP contribution in [0.1, 0.15) is 19.8 Å². The van der Waals surface area contributed by atoms with Gasteiger partial charge in [-0.2, -0.15) is 4.31 Å². The summed E-state index contributed by atoms with van der Waals surface area (Å²) in [5.41, 5.74) is 0.511. The van der Waals surface area contributed by atoms with Gasteiger partial charge in [0, 0.05) is 23.2 Å². The molecule has 0 aromatic heterocycles. The van der Waals surface area contributed by atoms with Gasteiger partial charge in [0.15, 0.2) is 6.61 Å². The van der Waals surface area contributed by atoms with Crippen LogP contribution in [0.5, 0.6) is 5.75 Å². The van der Waals surface area contributed by atoms with Crippen molar-refractivity contribution in [3.63, 3.8) is 0 Å². The number of amides is 1. The van der Waals surface area contributed by atoms with Gasteiger partial charge >= 0.3 is 0 Å². The first-order valence-corrected chi connectivity index (χ1v) is 13.7. The maximum Gasteiger partial charge on any atom is 0.262 e. The average molecular weight is 596 g/mol. The summed E-state index contributed by atoms with van der Waals surface area (Å²) in [6.45, 7) is 3.05. The number of ether oxygens (including phenoxy) is 1. The van der Waals surface area contributed by atoms with Crippen molar-refractivity contribution in [2.45, 2.75) is 24.7 Å². The predicted molar refractivity (Wildman–Crippen MR) is 137 cm³/mol. The van der Waals surface area contributed by atoms with Crippen LogP contribution in [0.25, 0.3) is 10.8 Å². The van der Waals surface area contributed by atoms with Gasteiger partial charge in [-0.15, -0.1) is 0 Å². The van der Waals surface area contributed by atoms with Crippen LogP contribution < -0.4 is 10.1 Å². The van der Waals surface area contributed by atoms with Crippen molar-refractivity contribution in [3.8, 4) is 5.75 Å². The maximum absolute atomic E-state index is 12.8. The van der Waals surface area contributed by atoms with Crippen LogP contribution in [0.3, 0.4) is 0 Å². The predicted octanol–water partition coefficient (Wildman–Crippen LogP) is 5.80. The number of sulfonamides is 1. The molecule has 0 atom stereocenters. The molecule has 4 rings (SSSR count). The van der Waals surface area contributed by atoms with Gasteiger partial charge in [0.2, 0.25) is 10.0 Å². The highest BCUT2D eigenvalue weighted by molar-refractivity contribution is 9.11. The van der Waals surface area contributed by atoms with Crippen LogP contribution in [-0.2, 0) is 14.8 Å². The molecule has 33 heavy (non-hydrogen) atoms. The number of hydrogen-bond acceptors (Lipinski definition) is 4. The lowest BCUT2D eigenvalue weighted by molar-refractivity contribution is -0.118. The van der Waals surface area contributed by atoms with Crippen LogP contribution in [-0.4, -0.2) is 38.3 Å². The number of anilines is 1. The average Bonchev–Trinajstić information content (AvgIpc) is 2.79. The second-order valence-corrected chi connectivity index (χ2v) is 11.8. The number of carbonyl (C=O) groups excluding carboxylic acids is 1. The fourth-order valence-electron chi connectivity index (χ4n) is 3.78. The molecule has 0 saturated carbocycles. The zero-order valence-corrected chi connectivity index (χ0v) is 22.0. The Hall–Kier alpha value is -1.94. The molecule has 1 aliphatic rings. The first-order valence-electron chi connectivity index (χ1n) is 10.6. The fourth-order valence-corrected chi connectivity index (χ4v) is 6.24. The first kappa shape index (κ1) is 24.2. The number of rotatable bonds is 6. The molecule has 3 aromatic rings. The molecule has 1 aliphatic heterocycles. The van der Waals surface area contributed by atoms with E-state index in [1.807, 2.05) is 30.3 Å². The Morgan fingerprint density at radius 1 is 1.06 bits per heavy atom. The highest BCUT2D eigenvalue weighted by Gasteiger charge is 2.27. The van der Waals surface area contributed by atoms with E-state index < -0.39 is 10.0 Å². The van der Waals surface area contributed by atoms with Gasteiger partial charge in [0.1, 0.15) is 5.75 Å². The lowest BCUT2D eigenvalue weighted by Gasteiger charge is -2.29. The number of nitrogens with one attached hydrogen (secondary N) is 1. The Morgan fingerprint density at radius 2 is 1.76 bits per heavy atom. The van der Waals surface area contributed by atoms with Gasteiger partial charge < -0.3 is 10.1 Å². The zero-order chi connectivity index (χ0) is 23.6. The molecule has 0 radical (unpaired) electrons. The van der Waals surface area contributed by atoms with Crippen LogP contribution in [0.4, 0.5) is 5.69 Å². The summed E-state index contributed by atoms with van der Waals surface area (Å²) < 4.78 is 34.7. The van der Waals surface area contributed by atoms with Crippen molar-refractivity contribution >= 4 is 64.3 Å². The van der Waals surface area contributed by atoms with Gasteiger partial charge in [-0.1, -0.05) is 35.0 Å². The van der Waals surface area contributed by atoms with Crippen molar-refractivity contribution < 1.29 is 17.9 Å². The minimum Gasteiger partial charge on any atom is -0.483 e. The number of piperidine rings is 1. The monoisotopic (exact) mass is 594 g/mol. The molecule has 0 spiro atoms. The maximum atomic E-state index is 12.8. The summed E-state index contributed by atoms with van der Waals surface area (Å²) in [5.74, 6) is 0.782. The number of benzene rings is 3. The molecule has 0 unspecified atom stereocenters. The van der Waals surface area contributed by atoms with Gasteiger partial charge in [-0.05, 0) is 87.9 Å². The third-order valence-electron chi connectivity index (χ3n) is 5.76. The van der Waals surface area contributed by atoms with E-state index in [-0.39, 0.29) is 17.4 Å². The molecule has 9 heteroatoms. The number of fused-ring (bicyclic) bond motifs is 1. The summed E-state index contributed by atoms with van der Waals surface area (Å²) in [5, 5.41) is 4.77. The fraction of sp³-hybridized carbons (Fsp3) is 0.292. The van der Waals surface area contributed by atoms with Gasteiger partial charge in [-0.25, -0.2) is 8.42 Å². The lowest BCUT2D eigenvalue weighted by Crippen LogP contribution is -2.37. The quantitative estimate of drug-likeness (QED) is 0.391. The summed E-state index contributed by atoms with van der Waals surface area (Å²) in [4.78, 5) is 12.6. The van der Waals surface area contributed by atoms with Crippen molar-refractivity contribution in [2.75, 3.05) is 25.0 Å². The van der Waals surface area contributed by atoms with E-state index in [4.69, 9.17) is 4.74 Å². The minimum absolute atomic E-state index is 0.174. The standard InChI is InChI=1S/C24H24Br2N2O4S/c1-16-10-12-28(13-11-16)33(30,31)20-6-4-19(5-7-20)27-23(29)15-32-22-9-2-17-14-18(25)3-8-21(17)24(22)26/h2-9,14,16H,10-13,15H2,1H3,(H,27,29). The third kappa shape index (κ3) is 5.59. The molecule has 1 heterocycles. The topological polar surface area (TPSA) is 75.7 Å². The Morgan fingerprint density at radius 3 is 2.45 bits per heavy atom. The minimum atomic E-state index is -3.51. The molecular weight excluding hydrogens is 572 g/mol. The second-order valence-electron chi connectivity index (χ2n) is 8.19. The Kier molecular flexibility index (Phi) is 7.43. The molecule has 1 fully saturated rings. The summed E-state index contributed by atoms with van der Waals surface area (Å²) in [6.07, 6.45) is 1.75. The molecule has 3 aromatic carbocycles. The van der Waals surface area contributed by atoms with Crippen molar-refractivity contribution in [3.05, 3.63) is 63.5 Å². The van der Waals surface area contributed by atoms with E-state index in [1.165, 1.54) is 16.4 Å². The van der Waals surface area contributed by atoms with Crippen molar-refractivity contribution in [1.29, 1.82) is 0 Å². The normalized spacial score (nSPS) is 15.5. The van der Waals surface area contributed by atoms with Gasteiger partial charge in [-0.3, -0.25) is 4.79 Å². The summed E-state index contributed by atoms with van der Waals surface area (Å²) in [7, 11) is -3.51. The van der Waals surface area contributed by atoms with Gasteiger partial charge in [0.05, 0.1) is 9.37 Å². The van der Waals surface area contributed by atoms with Crippen LogP contribution in [0.15, 0.2) is 68.4 Å². The smallest absolute Gasteiger partial charge is 0.262 e. The van der Waals surface area contributed by atoms with E-state index in [1.54, 1.807) is 12.1 Å². The largest absolute Gasteiger partial charge is 0.483 e. The third-order valence-corrected chi connectivity index (χ3v) is 8.98. The number of nitrogens with zero attached hydrogens (tertiary/aromatic N) is 1. The first-order chi connectivity index (χ1) is 15.7. The molecule has 174 valence electrons.